The molecule has 1 saturated carbocycles. The first-order valence-electron chi connectivity index (χ1n) is 6.87. The van der Waals surface area contributed by atoms with Gasteiger partial charge in [0, 0.05) is 10.4 Å². The van der Waals surface area contributed by atoms with Gasteiger partial charge in [0.15, 0.2) is 0 Å². The molecule has 1 fully saturated rings. The predicted molar refractivity (Wildman–Crippen MR) is 86.1 cm³/mol. The van der Waals surface area contributed by atoms with E-state index in [0.29, 0.717) is 17.7 Å². The van der Waals surface area contributed by atoms with E-state index in [2.05, 4.69) is 28.1 Å². The molecule has 1 nitrogen and oxygen atoms in total. The van der Waals surface area contributed by atoms with Gasteiger partial charge in [-0.1, -0.05) is 29.8 Å². The van der Waals surface area contributed by atoms with E-state index in [1.165, 1.54) is 11.6 Å². The number of hydrogen-bond donors (Lipinski definition) is 0. The van der Waals surface area contributed by atoms with Gasteiger partial charge in [-0.25, -0.2) is 4.39 Å². The van der Waals surface area contributed by atoms with Gasteiger partial charge in [0.05, 0.1) is 17.7 Å². The van der Waals surface area contributed by atoms with Gasteiger partial charge >= 0.3 is 0 Å². The van der Waals surface area contributed by atoms with Gasteiger partial charge in [-0.2, -0.15) is 0 Å². The lowest BCUT2D eigenvalue weighted by atomic mass is 9.97. The number of rotatable bonds is 5. The number of hydrogen-bond acceptors (Lipinski definition) is 1. The van der Waals surface area contributed by atoms with Crippen molar-refractivity contribution in [1.29, 1.82) is 0 Å². The Balaban J connectivity index is 1.60. The molecule has 0 atom stereocenters. The number of benzene rings is 2. The fraction of sp³-hybridized carbons (Fsp3) is 0.294. The maximum absolute atomic E-state index is 13.2. The lowest BCUT2D eigenvalue weighted by Crippen LogP contribution is -2.15. The second kappa shape index (κ2) is 6.07. The molecule has 2 aromatic rings. The third-order valence-corrected chi connectivity index (χ3v) is 4.80. The largest absolute Gasteiger partial charge is 0.376 e. The number of halogens is 3. The molecule has 3 rings (SSSR count). The minimum Gasteiger partial charge on any atom is -0.376 e. The quantitative estimate of drug-likeness (QED) is 0.677. The summed E-state index contributed by atoms with van der Waals surface area (Å²) in [5.41, 5.74) is 2.39. The van der Waals surface area contributed by atoms with E-state index in [4.69, 9.17) is 16.3 Å². The normalized spacial score (nSPS) is 16.0. The van der Waals surface area contributed by atoms with Crippen LogP contribution in [0.4, 0.5) is 4.39 Å². The molecular formula is C17H15BrClFO. The summed E-state index contributed by atoms with van der Waals surface area (Å²) in [5, 5.41) is 0.756. The third kappa shape index (κ3) is 3.47. The van der Waals surface area contributed by atoms with Crippen LogP contribution in [0.1, 0.15) is 24.0 Å². The van der Waals surface area contributed by atoms with Crippen molar-refractivity contribution >= 4 is 27.5 Å². The lowest BCUT2D eigenvalue weighted by molar-refractivity contribution is 0.100. The van der Waals surface area contributed by atoms with Crippen molar-refractivity contribution in [2.24, 2.45) is 0 Å². The average Bonchev–Trinajstić information content (AvgIpc) is 3.25. The summed E-state index contributed by atoms with van der Waals surface area (Å²) in [4.78, 5) is 0. The highest BCUT2D eigenvalue weighted by molar-refractivity contribution is 9.10. The summed E-state index contributed by atoms with van der Waals surface area (Å²) in [6.07, 6.45) is 2.28. The minimum atomic E-state index is -0.251. The van der Waals surface area contributed by atoms with Crippen molar-refractivity contribution < 1.29 is 9.13 Å². The zero-order valence-corrected chi connectivity index (χ0v) is 13.8. The molecule has 0 aromatic heterocycles. The van der Waals surface area contributed by atoms with E-state index in [1.54, 1.807) is 12.1 Å². The molecule has 4 heteroatoms. The Hall–Kier alpha value is -0.900. The first-order chi connectivity index (χ1) is 10.1. The first kappa shape index (κ1) is 15.0. The average molecular weight is 370 g/mol. The highest BCUT2D eigenvalue weighted by Gasteiger charge is 2.44. The van der Waals surface area contributed by atoms with Crippen molar-refractivity contribution in [3.8, 4) is 0 Å². The molecule has 0 bridgehead atoms. The Bertz CT molecular complexity index is 638. The van der Waals surface area contributed by atoms with Crippen LogP contribution in [0.2, 0.25) is 5.02 Å². The summed E-state index contributed by atoms with van der Waals surface area (Å²) >= 11 is 9.12. The summed E-state index contributed by atoms with van der Waals surface area (Å²) in [6, 6.07) is 13.0. The second-order valence-corrected chi connectivity index (χ2v) is 6.82. The van der Waals surface area contributed by atoms with Crippen LogP contribution >= 0.6 is 27.5 Å². The smallest absolute Gasteiger partial charge is 0.137 e. The highest BCUT2D eigenvalue weighted by Crippen LogP contribution is 2.48. The molecule has 1 aliphatic carbocycles. The van der Waals surface area contributed by atoms with Crippen LogP contribution in [-0.2, 0) is 16.8 Å². The van der Waals surface area contributed by atoms with Gasteiger partial charge < -0.3 is 4.74 Å². The molecule has 2 aromatic carbocycles. The van der Waals surface area contributed by atoms with E-state index in [0.717, 1.165) is 23.4 Å². The monoisotopic (exact) mass is 368 g/mol. The van der Waals surface area contributed by atoms with Crippen LogP contribution in [0.15, 0.2) is 46.9 Å². The molecule has 1 aliphatic rings. The van der Waals surface area contributed by atoms with Gasteiger partial charge in [-0.05, 0) is 64.2 Å². The summed E-state index contributed by atoms with van der Waals surface area (Å²) in [5.74, 6) is -0.251. The second-order valence-electron chi connectivity index (χ2n) is 5.53. The fourth-order valence-electron chi connectivity index (χ4n) is 2.46. The van der Waals surface area contributed by atoms with Gasteiger partial charge in [0.1, 0.15) is 5.82 Å². The molecule has 0 aliphatic heterocycles. The van der Waals surface area contributed by atoms with Crippen molar-refractivity contribution in [3.63, 3.8) is 0 Å². The Morgan fingerprint density at radius 2 is 1.86 bits per heavy atom. The molecule has 0 amide bonds. The molecular weight excluding hydrogens is 355 g/mol. The van der Waals surface area contributed by atoms with Crippen LogP contribution in [0.25, 0.3) is 0 Å². The van der Waals surface area contributed by atoms with Crippen molar-refractivity contribution in [1.82, 2.24) is 0 Å². The minimum absolute atomic E-state index is 0.141. The van der Waals surface area contributed by atoms with E-state index in [1.807, 2.05) is 12.1 Å². The maximum Gasteiger partial charge on any atom is 0.137 e. The fourth-order valence-corrected chi connectivity index (χ4v) is 3.02. The van der Waals surface area contributed by atoms with Crippen LogP contribution in [-0.4, -0.2) is 6.61 Å². The zero-order chi connectivity index (χ0) is 14.9. The zero-order valence-electron chi connectivity index (χ0n) is 11.4. The Kier molecular flexibility index (Phi) is 4.34. The molecule has 0 saturated heterocycles. The van der Waals surface area contributed by atoms with Crippen LogP contribution < -0.4 is 0 Å². The summed E-state index contributed by atoms with van der Waals surface area (Å²) in [6.45, 7) is 1.18. The highest BCUT2D eigenvalue weighted by atomic mass is 79.9. The summed E-state index contributed by atoms with van der Waals surface area (Å²) < 4.78 is 19.5. The molecule has 0 spiro atoms. The number of ether oxygens (including phenoxy) is 1. The lowest BCUT2D eigenvalue weighted by Gasteiger charge is -2.16. The van der Waals surface area contributed by atoms with Gasteiger partial charge in [0.25, 0.3) is 0 Å². The Labute approximate surface area is 137 Å². The van der Waals surface area contributed by atoms with Crippen molar-refractivity contribution in [2.45, 2.75) is 24.9 Å². The van der Waals surface area contributed by atoms with Crippen LogP contribution in [0.5, 0.6) is 0 Å². The standard InChI is InChI=1S/C17H15BrClFO/c18-15-9-12(1-6-16(15)20)10-21-11-17(7-8-17)13-2-4-14(19)5-3-13/h1-6,9H,7-8,10-11H2. The maximum atomic E-state index is 13.2. The molecule has 110 valence electrons. The molecule has 0 radical (unpaired) electrons. The summed E-state index contributed by atoms with van der Waals surface area (Å²) in [7, 11) is 0. The predicted octanol–water partition coefficient (Wildman–Crippen LogP) is 5.49. The molecule has 21 heavy (non-hydrogen) atoms. The van der Waals surface area contributed by atoms with Gasteiger partial charge in [0.2, 0.25) is 0 Å². The Morgan fingerprint density at radius 1 is 1.14 bits per heavy atom. The topological polar surface area (TPSA) is 9.23 Å². The molecule has 0 unspecified atom stereocenters. The van der Waals surface area contributed by atoms with Crippen molar-refractivity contribution in [3.05, 3.63) is 68.9 Å². The van der Waals surface area contributed by atoms with E-state index >= 15 is 0 Å². The molecule has 0 N–H and O–H groups in total. The SMILES string of the molecule is Fc1ccc(COCC2(c3ccc(Cl)cc3)CC2)cc1Br. The molecule has 0 heterocycles. The third-order valence-electron chi connectivity index (χ3n) is 3.94. The first-order valence-corrected chi connectivity index (χ1v) is 8.04. The van der Waals surface area contributed by atoms with Crippen LogP contribution in [0.3, 0.4) is 0 Å². The van der Waals surface area contributed by atoms with E-state index in [-0.39, 0.29) is 11.2 Å². The van der Waals surface area contributed by atoms with Crippen molar-refractivity contribution in [2.75, 3.05) is 6.61 Å². The van der Waals surface area contributed by atoms with E-state index < -0.39 is 0 Å². The van der Waals surface area contributed by atoms with Gasteiger partial charge in [-0.15, -0.1) is 0 Å². The van der Waals surface area contributed by atoms with Gasteiger partial charge in [-0.3, -0.25) is 0 Å². The van der Waals surface area contributed by atoms with Crippen LogP contribution in [0, 0.1) is 5.82 Å². The van der Waals surface area contributed by atoms with E-state index in [9.17, 15) is 4.39 Å². The Morgan fingerprint density at radius 3 is 2.48 bits per heavy atom.